The van der Waals surface area contributed by atoms with Crippen LogP contribution in [-0.4, -0.2) is 86.1 Å². The third-order valence-corrected chi connectivity index (χ3v) is 7.13. The van der Waals surface area contributed by atoms with Crippen LogP contribution in [0.2, 0.25) is 0 Å². The molecule has 4 rings (SSSR count). The fourth-order valence-electron chi connectivity index (χ4n) is 5.63. The van der Waals surface area contributed by atoms with Gasteiger partial charge in [-0.25, -0.2) is 0 Å². The van der Waals surface area contributed by atoms with E-state index in [2.05, 4.69) is 26.5 Å². The Labute approximate surface area is 235 Å². The predicted octanol–water partition coefficient (Wildman–Crippen LogP) is 2.51. The first-order valence-corrected chi connectivity index (χ1v) is 13.7. The van der Waals surface area contributed by atoms with Gasteiger partial charge in [-0.1, -0.05) is 0 Å². The highest BCUT2D eigenvalue weighted by Crippen LogP contribution is 2.28. The van der Waals surface area contributed by atoms with Crippen molar-refractivity contribution < 1.29 is 23.9 Å². The van der Waals surface area contributed by atoms with Crippen molar-refractivity contribution in [3.63, 3.8) is 0 Å². The number of anilines is 1. The van der Waals surface area contributed by atoms with Gasteiger partial charge in [0.2, 0.25) is 5.91 Å². The summed E-state index contributed by atoms with van der Waals surface area (Å²) in [7, 11) is 0. The van der Waals surface area contributed by atoms with Crippen molar-refractivity contribution in [2.24, 2.45) is 11.8 Å². The minimum Gasteiger partial charge on any atom is -0.490 e. The van der Waals surface area contributed by atoms with Crippen LogP contribution in [0.4, 0.5) is 5.69 Å². The minimum atomic E-state index is -0.384. The lowest BCUT2D eigenvalue weighted by Gasteiger charge is -2.46. The molecule has 2 aromatic carbocycles. The molecule has 0 aromatic heterocycles. The maximum atomic E-state index is 12.5. The number of rotatable bonds is 11. The Morgan fingerprint density at radius 1 is 0.975 bits per heavy atom. The zero-order valence-corrected chi connectivity index (χ0v) is 23.1. The van der Waals surface area contributed by atoms with Crippen LogP contribution in [0.25, 0.3) is 0 Å². The van der Waals surface area contributed by atoms with Crippen LogP contribution in [0.15, 0.2) is 48.5 Å². The van der Waals surface area contributed by atoms with Gasteiger partial charge in [0.15, 0.2) is 0 Å². The van der Waals surface area contributed by atoms with Gasteiger partial charge in [-0.3, -0.25) is 19.3 Å². The number of fused-ring (bicyclic) bond motifs is 2. The van der Waals surface area contributed by atoms with Crippen LogP contribution in [0.3, 0.4) is 0 Å². The fraction of sp³-hybridized carbons (Fsp3) is 0.467. The van der Waals surface area contributed by atoms with Crippen molar-refractivity contribution in [3.8, 4) is 11.8 Å². The maximum absolute atomic E-state index is 12.5. The molecule has 3 atom stereocenters. The molecule has 0 radical (unpaired) electrons. The Balaban J connectivity index is 1.21. The molecule has 2 aliphatic heterocycles. The molecule has 2 heterocycles. The van der Waals surface area contributed by atoms with Crippen LogP contribution in [-0.2, 0) is 14.3 Å². The van der Waals surface area contributed by atoms with Gasteiger partial charge in [0, 0.05) is 70.9 Å². The molecular formula is C30H37N5O5. The molecule has 2 fully saturated rings. The van der Waals surface area contributed by atoms with E-state index in [0.29, 0.717) is 47.5 Å². The molecule has 2 amide bonds. The molecule has 2 aliphatic rings. The summed E-state index contributed by atoms with van der Waals surface area (Å²) >= 11 is 0. The van der Waals surface area contributed by atoms with Gasteiger partial charge in [0.05, 0.1) is 11.6 Å². The standard InChI is InChI=1S/C30H37N5O5/c1-21(36)33-27-7-5-26(6-8-27)30(38)32-11-12-34-15-24-13-25(16-34)18-35(17-24)19-29(40-22(2)37)20-39-28-9-3-23(14-31)4-10-28/h3-10,24-25,29H,11-13,15-20H2,1-2H3,(H,32,38)(H,33,36). The van der Waals surface area contributed by atoms with E-state index in [4.69, 9.17) is 14.7 Å². The first-order chi connectivity index (χ1) is 19.3. The monoisotopic (exact) mass is 547 g/mol. The summed E-state index contributed by atoms with van der Waals surface area (Å²) in [5, 5.41) is 14.7. The van der Waals surface area contributed by atoms with Crippen LogP contribution < -0.4 is 15.4 Å². The molecule has 0 spiro atoms. The van der Waals surface area contributed by atoms with Crippen LogP contribution >= 0.6 is 0 Å². The molecule has 2 saturated heterocycles. The summed E-state index contributed by atoms with van der Waals surface area (Å²) in [6.45, 7) is 8.86. The number of nitrogens with zero attached hydrogens (tertiary/aromatic N) is 3. The number of carbonyl (C=O) groups excluding carboxylic acids is 3. The second-order valence-corrected chi connectivity index (χ2v) is 10.6. The minimum absolute atomic E-state index is 0.127. The SMILES string of the molecule is CC(=O)Nc1ccc(C(=O)NCCN2CC3CC(C2)CN(CC(COc2ccc(C#N)cc2)OC(C)=O)C3)cc1. The van der Waals surface area contributed by atoms with Crippen molar-refractivity contribution in [1.29, 1.82) is 5.26 Å². The number of carbonyl (C=O) groups is 3. The highest BCUT2D eigenvalue weighted by atomic mass is 16.6. The van der Waals surface area contributed by atoms with Crippen LogP contribution in [0, 0.1) is 23.2 Å². The van der Waals surface area contributed by atoms with E-state index in [-0.39, 0.29) is 30.5 Å². The van der Waals surface area contributed by atoms with Gasteiger partial charge in [-0.05, 0) is 66.8 Å². The number of likely N-dealkylation sites (tertiary alicyclic amines) is 2. The number of hydrogen-bond acceptors (Lipinski definition) is 8. The first-order valence-electron chi connectivity index (χ1n) is 13.7. The summed E-state index contributed by atoms with van der Waals surface area (Å²) < 4.78 is 11.4. The molecule has 10 nitrogen and oxygen atoms in total. The van der Waals surface area contributed by atoms with Crippen molar-refractivity contribution in [1.82, 2.24) is 15.1 Å². The molecule has 2 N–H and O–H groups in total. The van der Waals surface area contributed by atoms with Gasteiger partial charge in [0.1, 0.15) is 18.5 Å². The number of benzene rings is 2. The maximum Gasteiger partial charge on any atom is 0.303 e. The quantitative estimate of drug-likeness (QED) is 0.412. The van der Waals surface area contributed by atoms with Crippen LogP contribution in [0.5, 0.6) is 5.75 Å². The van der Waals surface area contributed by atoms with Gasteiger partial charge in [-0.15, -0.1) is 0 Å². The zero-order chi connectivity index (χ0) is 28.5. The van der Waals surface area contributed by atoms with Gasteiger partial charge in [0.25, 0.3) is 5.91 Å². The topological polar surface area (TPSA) is 124 Å². The van der Waals surface area contributed by atoms with Crippen molar-refractivity contribution in [2.45, 2.75) is 26.4 Å². The molecule has 0 saturated carbocycles. The smallest absolute Gasteiger partial charge is 0.303 e. The summed E-state index contributed by atoms with van der Waals surface area (Å²) in [4.78, 5) is 40.2. The molecule has 2 bridgehead atoms. The molecule has 2 aromatic rings. The largest absolute Gasteiger partial charge is 0.490 e. The fourth-order valence-corrected chi connectivity index (χ4v) is 5.63. The van der Waals surface area contributed by atoms with E-state index >= 15 is 0 Å². The molecule has 40 heavy (non-hydrogen) atoms. The van der Waals surface area contributed by atoms with Crippen LogP contribution in [0.1, 0.15) is 36.2 Å². The summed E-state index contributed by atoms with van der Waals surface area (Å²) in [5.74, 6) is 1.06. The highest BCUT2D eigenvalue weighted by molar-refractivity contribution is 5.95. The number of hydrogen-bond donors (Lipinski definition) is 2. The van der Waals surface area contributed by atoms with E-state index < -0.39 is 0 Å². The Bertz CT molecular complexity index is 1200. The molecule has 0 aliphatic carbocycles. The average Bonchev–Trinajstić information content (AvgIpc) is 2.91. The van der Waals surface area contributed by atoms with E-state index in [1.807, 2.05) is 0 Å². The number of amides is 2. The third-order valence-electron chi connectivity index (χ3n) is 7.13. The number of esters is 1. The van der Waals surface area contributed by atoms with Gasteiger partial charge >= 0.3 is 5.97 Å². The van der Waals surface area contributed by atoms with E-state index in [1.54, 1.807) is 48.5 Å². The Morgan fingerprint density at radius 2 is 1.62 bits per heavy atom. The number of nitriles is 1. The average molecular weight is 548 g/mol. The lowest BCUT2D eigenvalue weighted by molar-refractivity contribution is -0.149. The second kappa shape index (κ2) is 13.9. The lowest BCUT2D eigenvalue weighted by atomic mass is 9.84. The van der Waals surface area contributed by atoms with Crippen molar-refractivity contribution >= 4 is 23.5 Å². The third kappa shape index (κ3) is 8.79. The van der Waals surface area contributed by atoms with Crippen molar-refractivity contribution in [2.75, 3.05) is 57.7 Å². The Morgan fingerprint density at radius 3 is 2.23 bits per heavy atom. The molecule has 212 valence electrons. The zero-order valence-electron chi connectivity index (χ0n) is 23.1. The summed E-state index contributed by atoms with van der Waals surface area (Å²) in [5.41, 5.74) is 1.79. The Kier molecular flexibility index (Phi) is 10.1. The van der Waals surface area contributed by atoms with E-state index in [0.717, 1.165) is 32.7 Å². The molecule has 10 heteroatoms. The summed E-state index contributed by atoms with van der Waals surface area (Å²) in [6, 6.07) is 15.8. The van der Waals surface area contributed by atoms with Gasteiger partial charge in [-0.2, -0.15) is 5.26 Å². The second-order valence-electron chi connectivity index (χ2n) is 10.6. The van der Waals surface area contributed by atoms with E-state index in [1.165, 1.54) is 20.3 Å². The van der Waals surface area contributed by atoms with Gasteiger partial charge < -0.3 is 25.0 Å². The van der Waals surface area contributed by atoms with Crippen molar-refractivity contribution in [3.05, 3.63) is 59.7 Å². The highest BCUT2D eigenvalue weighted by Gasteiger charge is 2.35. The number of ether oxygens (including phenoxy) is 2. The number of nitrogens with one attached hydrogen (secondary N) is 2. The Hall–Kier alpha value is -3.94. The molecule has 3 unspecified atom stereocenters. The summed E-state index contributed by atoms with van der Waals surface area (Å²) in [6.07, 6.45) is 0.797. The lowest BCUT2D eigenvalue weighted by Crippen LogP contribution is -2.55. The number of piperidine rings is 2. The first kappa shape index (κ1) is 29.1. The predicted molar refractivity (Wildman–Crippen MR) is 150 cm³/mol. The normalized spacial score (nSPS) is 19.6. The molecular weight excluding hydrogens is 510 g/mol. The van der Waals surface area contributed by atoms with E-state index in [9.17, 15) is 14.4 Å².